The second kappa shape index (κ2) is 4.69. The van der Waals surface area contributed by atoms with Crippen LogP contribution in [0.2, 0.25) is 0 Å². The molecule has 0 saturated carbocycles. The minimum absolute atomic E-state index is 0.731. The summed E-state index contributed by atoms with van der Waals surface area (Å²) in [4.78, 5) is 0. The van der Waals surface area contributed by atoms with Gasteiger partial charge >= 0.3 is 0 Å². The molecule has 0 saturated heterocycles. The molecule has 1 aromatic rings. The fourth-order valence-corrected chi connectivity index (χ4v) is 1.46. The fraction of sp³-hybridized carbons (Fsp3) is 0.182. The molecule has 0 aliphatic carbocycles. The van der Waals surface area contributed by atoms with Gasteiger partial charge in [-0.15, -0.1) is 0 Å². The van der Waals surface area contributed by atoms with Crippen LogP contribution in [0.3, 0.4) is 0 Å². The van der Waals surface area contributed by atoms with Gasteiger partial charge in [-0.3, -0.25) is 0 Å². The Labute approximate surface area is 83.3 Å². The monoisotopic (exact) mass is 191 g/mol. The zero-order chi connectivity index (χ0) is 9.68. The minimum atomic E-state index is 0.731. The van der Waals surface area contributed by atoms with Gasteiger partial charge in [-0.1, -0.05) is 30.7 Å². The number of halogens is 1. The number of benzene rings is 1. The molecular formula is C11H10ClN. The van der Waals surface area contributed by atoms with Crippen LogP contribution in [0.15, 0.2) is 23.7 Å². The summed E-state index contributed by atoms with van der Waals surface area (Å²) in [7, 11) is 0. The number of hydrogen-bond acceptors (Lipinski definition) is 1. The normalized spacial score (nSPS) is 10.2. The lowest BCUT2D eigenvalue weighted by Gasteiger charge is -2.04. The summed E-state index contributed by atoms with van der Waals surface area (Å²) in [5.74, 6) is 0. The Balaban J connectivity index is 3.29. The molecule has 0 heterocycles. The van der Waals surface area contributed by atoms with E-state index >= 15 is 0 Å². The molecule has 66 valence electrons. The van der Waals surface area contributed by atoms with Gasteiger partial charge in [0.05, 0.1) is 11.6 Å². The summed E-state index contributed by atoms with van der Waals surface area (Å²) < 4.78 is 0. The first kappa shape index (κ1) is 9.83. The van der Waals surface area contributed by atoms with Crippen molar-refractivity contribution >= 4 is 17.7 Å². The van der Waals surface area contributed by atoms with Crippen LogP contribution in [0.4, 0.5) is 0 Å². The highest BCUT2D eigenvalue weighted by Crippen LogP contribution is 2.16. The molecule has 1 aromatic carbocycles. The number of rotatable bonds is 2. The summed E-state index contributed by atoms with van der Waals surface area (Å²) in [6.07, 6.45) is 2.65. The molecule has 0 aromatic heterocycles. The van der Waals surface area contributed by atoms with Crippen molar-refractivity contribution in [3.05, 3.63) is 40.4 Å². The maximum atomic E-state index is 8.84. The van der Waals surface area contributed by atoms with Crippen LogP contribution in [0.25, 0.3) is 6.08 Å². The van der Waals surface area contributed by atoms with Crippen LogP contribution < -0.4 is 0 Å². The molecule has 13 heavy (non-hydrogen) atoms. The van der Waals surface area contributed by atoms with Crippen LogP contribution in [-0.2, 0) is 6.42 Å². The van der Waals surface area contributed by atoms with Crippen LogP contribution in [0.1, 0.15) is 23.6 Å². The van der Waals surface area contributed by atoms with Gasteiger partial charge in [0.15, 0.2) is 0 Å². The smallest absolute Gasteiger partial charge is 0.0994 e. The Kier molecular flexibility index (Phi) is 3.54. The van der Waals surface area contributed by atoms with E-state index in [1.807, 2.05) is 25.1 Å². The minimum Gasteiger partial charge on any atom is -0.192 e. The van der Waals surface area contributed by atoms with Crippen molar-refractivity contribution < 1.29 is 0 Å². The maximum Gasteiger partial charge on any atom is 0.0994 e. The SMILES string of the molecule is CCc1c(C#N)cccc1C=CCl. The summed E-state index contributed by atoms with van der Waals surface area (Å²) in [5, 5.41) is 8.84. The van der Waals surface area contributed by atoms with E-state index in [2.05, 4.69) is 6.07 Å². The van der Waals surface area contributed by atoms with E-state index in [-0.39, 0.29) is 0 Å². The van der Waals surface area contributed by atoms with E-state index in [1.54, 1.807) is 6.08 Å². The highest BCUT2D eigenvalue weighted by atomic mass is 35.5. The third-order valence-electron chi connectivity index (χ3n) is 1.93. The van der Waals surface area contributed by atoms with Gasteiger partial charge in [0.25, 0.3) is 0 Å². The Morgan fingerprint density at radius 2 is 2.31 bits per heavy atom. The molecule has 0 bridgehead atoms. The second-order valence-corrected chi connectivity index (χ2v) is 2.88. The maximum absolute atomic E-state index is 8.84. The topological polar surface area (TPSA) is 23.8 Å². The molecule has 0 atom stereocenters. The lowest BCUT2D eigenvalue weighted by molar-refractivity contribution is 1.12. The van der Waals surface area contributed by atoms with E-state index < -0.39 is 0 Å². The number of hydrogen-bond donors (Lipinski definition) is 0. The first-order chi connectivity index (χ1) is 6.33. The van der Waals surface area contributed by atoms with Gasteiger partial charge in [-0.25, -0.2) is 0 Å². The van der Waals surface area contributed by atoms with E-state index in [0.717, 1.165) is 23.1 Å². The molecule has 0 spiro atoms. The standard InChI is InChI=1S/C11H10ClN/c1-2-11-9(6-7-12)4-3-5-10(11)8-13/h3-7H,2H2,1H3. The van der Waals surface area contributed by atoms with E-state index in [0.29, 0.717) is 0 Å². The van der Waals surface area contributed by atoms with Crippen molar-refractivity contribution in [1.82, 2.24) is 0 Å². The first-order valence-corrected chi connectivity index (χ1v) is 4.55. The molecule has 0 aliphatic heterocycles. The van der Waals surface area contributed by atoms with Crippen molar-refractivity contribution in [2.45, 2.75) is 13.3 Å². The second-order valence-electron chi connectivity index (χ2n) is 2.63. The first-order valence-electron chi connectivity index (χ1n) is 4.12. The summed E-state index contributed by atoms with van der Waals surface area (Å²) in [6.45, 7) is 2.03. The third-order valence-corrected chi connectivity index (χ3v) is 2.05. The molecule has 0 aliphatic rings. The van der Waals surface area contributed by atoms with Crippen molar-refractivity contribution in [1.29, 1.82) is 5.26 Å². The highest BCUT2D eigenvalue weighted by molar-refractivity contribution is 6.27. The fourth-order valence-electron chi connectivity index (χ4n) is 1.33. The number of nitriles is 1. The molecule has 0 radical (unpaired) electrons. The molecule has 0 amide bonds. The molecular weight excluding hydrogens is 182 g/mol. The predicted octanol–water partition coefficient (Wildman–Crippen LogP) is 3.33. The summed E-state index contributed by atoms with van der Waals surface area (Å²) in [5.41, 5.74) is 4.28. The molecule has 0 N–H and O–H groups in total. The van der Waals surface area contributed by atoms with Gasteiger partial charge in [-0.05, 0) is 29.7 Å². The Hall–Kier alpha value is -1.26. The lowest BCUT2D eigenvalue weighted by Crippen LogP contribution is -1.91. The van der Waals surface area contributed by atoms with Crippen LogP contribution >= 0.6 is 11.6 Å². The third kappa shape index (κ3) is 2.11. The largest absolute Gasteiger partial charge is 0.192 e. The van der Waals surface area contributed by atoms with Gasteiger partial charge in [0.1, 0.15) is 0 Å². The average Bonchev–Trinajstić information content (AvgIpc) is 2.18. The van der Waals surface area contributed by atoms with Gasteiger partial charge < -0.3 is 0 Å². The molecule has 2 heteroatoms. The molecule has 0 fully saturated rings. The van der Waals surface area contributed by atoms with E-state index in [9.17, 15) is 0 Å². The van der Waals surface area contributed by atoms with Gasteiger partial charge in [-0.2, -0.15) is 5.26 Å². The molecule has 0 unspecified atom stereocenters. The summed E-state index contributed by atoms with van der Waals surface area (Å²) >= 11 is 5.50. The predicted molar refractivity (Wildman–Crippen MR) is 55.4 cm³/mol. The zero-order valence-corrected chi connectivity index (χ0v) is 8.17. The van der Waals surface area contributed by atoms with Gasteiger partial charge in [0.2, 0.25) is 0 Å². The van der Waals surface area contributed by atoms with Crippen molar-refractivity contribution in [3.8, 4) is 6.07 Å². The average molecular weight is 192 g/mol. The Morgan fingerprint density at radius 1 is 1.54 bits per heavy atom. The highest BCUT2D eigenvalue weighted by Gasteiger charge is 2.02. The molecule has 1 nitrogen and oxygen atoms in total. The van der Waals surface area contributed by atoms with E-state index in [1.165, 1.54) is 5.54 Å². The summed E-state index contributed by atoms with van der Waals surface area (Å²) in [6, 6.07) is 7.81. The zero-order valence-electron chi connectivity index (χ0n) is 7.42. The van der Waals surface area contributed by atoms with Crippen LogP contribution in [0.5, 0.6) is 0 Å². The van der Waals surface area contributed by atoms with Crippen LogP contribution in [-0.4, -0.2) is 0 Å². The Bertz CT molecular complexity index is 361. The molecule has 1 rings (SSSR count). The Morgan fingerprint density at radius 3 is 2.85 bits per heavy atom. The lowest BCUT2D eigenvalue weighted by atomic mass is 10.00. The van der Waals surface area contributed by atoms with Crippen molar-refractivity contribution in [3.63, 3.8) is 0 Å². The van der Waals surface area contributed by atoms with Crippen LogP contribution in [0, 0.1) is 11.3 Å². The van der Waals surface area contributed by atoms with Gasteiger partial charge in [0, 0.05) is 5.54 Å². The number of nitrogens with zero attached hydrogens (tertiary/aromatic N) is 1. The quantitative estimate of drug-likeness (QED) is 0.704. The van der Waals surface area contributed by atoms with Crippen molar-refractivity contribution in [2.75, 3.05) is 0 Å². The van der Waals surface area contributed by atoms with E-state index in [4.69, 9.17) is 16.9 Å². The van der Waals surface area contributed by atoms with Crippen molar-refractivity contribution in [2.24, 2.45) is 0 Å².